The van der Waals surface area contributed by atoms with Crippen LogP contribution in [0.4, 0.5) is 5.69 Å². The summed E-state index contributed by atoms with van der Waals surface area (Å²) in [7, 11) is 3.17. The molecule has 3 rings (SSSR count). The predicted octanol–water partition coefficient (Wildman–Crippen LogP) is 4.66. The number of amides is 2. The van der Waals surface area contributed by atoms with E-state index in [0.717, 1.165) is 23.2 Å². The molecule has 0 unspecified atom stereocenters. The summed E-state index contributed by atoms with van der Waals surface area (Å²) in [5.74, 6) is 1.33. The van der Waals surface area contributed by atoms with Gasteiger partial charge in [0.15, 0.2) is 11.5 Å². The zero-order valence-electron chi connectivity index (χ0n) is 19.7. The monoisotopic (exact) mass is 438 g/mol. The van der Waals surface area contributed by atoms with Gasteiger partial charge in [0.25, 0.3) is 0 Å². The third-order valence-electron chi connectivity index (χ3n) is 6.02. The molecule has 1 heterocycles. The van der Waals surface area contributed by atoms with Gasteiger partial charge in [0.2, 0.25) is 11.8 Å². The second-order valence-corrected chi connectivity index (χ2v) is 8.78. The fourth-order valence-electron chi connectivity index (χ4n) is 4.21. The van der Waals surface area contributed by atoms with Gasteiger partial charge in [0.1, 0.15) is 0 Å². The molecule has 1 saturated heterocycles. The maximum Gasteiger partial charge on any atom is 0.227 e. The molecule has 2 amide bonds. The molecule has 0 radical (unpaired) electrons. The summed E-state index contributed by atoms with van der Waals surface area (Å²) in [6, 6.07) is 13.0. The molecule has 0 saturated carbocycles. The van der Waals surface area contributed by atoms with Crippen molar-refractivity contribution in [2.75, 3.05) is 25.7 Å². The number of aryl methyl sites for hydroxylation is 1. The van der Waals surface area contributed by atoms with Crippen molar-refractivity contribution in [1.82, 2.24) is 5.32 Å². The first kappa shape index (κ1) is 23.6. The average Bonchev–Trinajstić information content (AvgIpc) is 2.78. The fraction of sp³-hybridized carbons (Fsp3) is 0.462. The number of carbonyl (C=O) groups excluding carboxylic acids is 2. The van der Waals surface area contributed by atoms with E-state index in [1.165, 1.54) is 0 Å². The molecule has 6 nitrogen and oxygen atoms in total. The lowest BCUT2D eigenvalue weighted by Gasteiger charge is -2.41. The maximum atomic E-state index is 13.3. The summed E-state index contributed by atoms with van der Waals surface area (Å²) in [5, 5.41) is 3.10. The molecule has 6 heteroatoms. The second kappa shape index (κ2) is 10.5. The van der Waals surface area contributed by atoms with E-state index in [1.807, 2.05) is 49.4 Å². The molecule has 0 bridgehead atoms. The Hall–Kier alpha value is -3.02. The lowest BCUT2D eigenvalue weighted by atomic mass is 9.83. The molecule has 32 heavy (non-hydrogen) atoms. The van der Waals surface area contributed by atoms with Gasteiger partial charge >= 0.3 is 0 Å². The predicted molar refractivity (Wildman–Crippen MR) is 126 cm³/mol. The Bertz CT molecular complexity index is 939. The summed E-state index contributed by atoms with van der Waals surface area (Å²) in [4.78, 5) is 28.2. The standard InChI is InChI=1S/C26H34N2O4/c1-17(2)14-15-27-26(30)21-11-13-24(29)28(20-9-6-18(3)7-10-20)25(21)19-8-12-22(31-4)23(16-19)32-5/h6-10,12,16-17,21,25H,11,13-15H2,1-5H3,(H,27,30)/t21-,25+/m1/s1. The molecule has 2 aromatic carbocycles. The largest absolute Gasteiger partial charge is 0.493 e. The number of hydrogen-bond acceptors (Lipinski definition) is 4. The maximum absolute atomic E-state index is 13.3. The SMILES string of the molecule is COc1ccc([C@H]2[C@H](C(=O)NCCC(C)C)CCC(=O)N2c2ccc(C)cc2)cc1OC. The van der Waals surface area contributed by atoms with Crippen LogP contribution >= 0.6 is 0 Å². The van der Waals surface area contributed by atoms with Gasteiger partial charge in [0, 0.05) is 18.7 Å². The van der Waals surface area contributed by atoms with Crippen molar-refractivity contribution in [2.45, 2.75) is 46.1 Å². The molecular weight excluding hydrogens is 404 g/mol. The Morgan fingerprint density at radius 2 is 1.78 bits per heavy atom. The van der Waals surface area contributed by atoms with Crippen LogP contribution in [0.2, 0.25) is 0 Å². The zero-order chi connectivity index (χ0) is 23.3. The Morgan fingerprint density at radius 3 is 2.41 bits per heavy atom. The molecule has 1 fully saturated rings. The fourth-order valence-corrected chi connectivity index (χ4v) is 4.21. The van der Waals surface area contributed by atoms with Crippen LogP contribution in [-0.4, -0.2) is 32.6 Å². The van der Waals surface area contributed by atoms with Crippen molar-refractivity contribution in [3.05, 3.63) is 53.6 Å². The van der Waals surface area contributed by atoms with Crippen molar-refractivity contribution in [3.63, 3.8) is 0 Å². The van der Waals surface area contributed by atoms with Crippen LogP contribution < -0.4 is 19.7 Å². The quantitative estimate of drug-likeness (QED) is 0.651. The summed E-state index contributed by atoms with van der Waals surface area (Å²) >= 11 is 0. The molecule has 1 aliphatic heterocycles. The molecular formula is C26H34N2O4. The van der Waals surface area contributed by atoms with Gasteiger partial charge in [-0.1, -0.05) is 37.6 Å². The molecule has 1 aliphatic rings. The van der Waals surface area contributed by atoms with Crippen LogP contribution in [0, 0.1) is 18.8 Å². The van der Waals surface area contributed by atoms with Gasteiger partial charge in [-0.2, -0.15) is 0 Å². The third kappa shape index (κ3) is 5.23. The Labute approximate surface area is 190 Å². The van der Waals surface area contributed by atoms with Crippen LogP contribution in [0.25, 0.3) is 0 Å². The molecule has 2 atom stereocenters. The van der Waals surface area contributed by atoms with E-state index < -0.39 is 6.04 Å². The third-order valence-corrected chi connectivity index (χ3v) is 6.02. The van der Waals surface area contributed by atoms with Gasteiger partial charge in [-0.05, 0) is 55.5 Å². The number of ether oxygens (including phenoxy) is 2. The van der Waals surface area contributed by atoms with Crippen molar-refractivity contribution in [2.24, 2.45) is 11.8 Å². The Kier molecular flexibility index (Phi) is 7.78. The van der Waals surface area contributed by atoms with E-state index in [-0.39, 0.29) is 17.7 Å². The molecule has 2 aromatic rings. The van der Waals surface area contributed by atoms with Gasteiger partial charge in [-0.3, -0.25) is 9.59 Å². The number of benzene rings is 2. The topological polar surface area (TPSA) is 67.9 Å². The summed E-state index contributed by atoms with van der Waals surface area (Å²) < 4.78 is 10.9. The number of carbonyl (C=O) groups is 2. The lowest BCUT2D eigenvalue weighted by molar-refractivity contribution is -0.129. The van der Waals surface area contributed by atoms with Gasteiger partial charge < -0.3 is 19.7 Å². The number of piperidine rings is 1. The van der Waals surface area contributed by atoms with Gasteiger partial charge in [-0.25, -0.2) is 0 Å². The van der Waals surface area contributed by atoms with Crippen molar-refractivity contribution in [1.29, 1.82) is 0 Å². The molecule has 0 spiro atoms. The highest BCUT2D eigenvalue weighted by atomic mass is 16.5. The van der Waals surface area contributed by atoms with Gasteiger partial charge in [0.05, 0.1) is 26.2 Å². The number of rotatable bonds is 8. The van der Waals surface area contributed by atoms with Crippen LogP contribution in [-0.2, 0) is 9.59 Å². The van der Waals surface area contributed by atoms with E-state index in [9.17, 15) is 9.59 Å². The van der Waals surface area contributed by atoms with Crippen LogP contribution in [0.15, 0.2) is 42.5 Å². The average molecular weight is 439 g/mol. The first-order valence-corrected chi connectivity index (χ1v) is 11.2. The summed E-state index contributed by atoms with van der Waals surface area (Å²) in [6.45, 7) is 6.91. The minimum absolute atomic E-state index is 0.0138. The number of nitrogens with zero attached hydrogens (tertiary/aromatic N) is 1. The van der Waals surface area contributed by atoms with Crippen LogP contribution in [0.1, 0.15) is 50.3 Å². The zero-order valence-corrected chi connectivity index (χ0v) is 19.7. The highest BCUT2D eigenvalue weighted by Gasteiger charge is 2.41. The highest BCUT2D eigenvalue weighted by Crippen LogP contribution is 2.42. The van der Waals surface area contributed by atoms with E-state index in [4.69, 9.17) is 9.47 Å². The molecule has 0 aliphatic carbocycles. The van der Waals surface area contributed by atoms with Crippen LogP contribution in [0.3, 0.4) is 0 Å². The summed E-state index contributed by atoms with van der Waals surface area (Å²) in [6.07, 6.45) is 1.76. The van der Waals surface area contributed by atoms with Crippen molar-refractivity contribution >= 4 is 17.5 Å². The smallest absolute Gasteiger partial charge is 0.227 e. The first-order chi connectivity index (χ1) is 15.3. The van der Waals surface area contributed by atoms with E-state index in [2.05, 4.69) is 19.2 Å². The summed E-state index contributed by atoms with van der Waals surface area (Å²) in [5.41, 5.74) is 2.75. The molecule has 1 N–H and O–H groups in total. The minimum Gasteiger partial charge on any atom is -0.493 e. The molecule has 0 aromatic heterocycles. The highest BCUT2D eigenvalue weighted by molar-refractivity contribution is 5.97. The van der Waals surface area contributed by atoms with Crippen molar-refractivity contribution in [3.8, 4) is 11.5 Å². The van der Waals surface area contributed by atoms with E-state index in [0.29, 0.717) is 36.8 Å². The van der Waals surface area contributed by atoms with Gasteiger partial charge in [-0.15, -0.1) is 0 Å². The Morgan fingerprint density at radius 1 is 1.09 bits per heavy atom. The number of methoxy groups -OCH3 is 2. The van der Waals surface area contributed by atoms with Crippen LogP contribution in [0.5, 0.6) is 11.5 Å². The number of anilines is 1. The Balaban J connectivity index is 2.03. The lowest BCUT2D eigenvalue weighted by Crippen LogP contribution is -2.48. The first-order valence-electron chi connectivity index (χ1n) is 11.2. The van der Waals surface area contributed by atoms with Crippen molar-refractivity contribution < 1.29 is 19.1 Å². The second-order valence-electron chi connectivity index (χ2n) is 8.78. The number of hydrogen-bond donors (Lipinski definition) is 1. The van der Waals surface area contributed by atoms with E-state index >= 15 is 0 Å². The minimum atomic E-state index is -0.433. The molecule has 172 valence electrons. The number of nitrogens with one attached hydrogen (secondary N) is 1. The van der Waals surface area contributed by atoms with E-state index in [1.54, 1.807) is 19.1 Å². The normalized spacial score (nSPS) is 18.6.